The molecule has 64 valence electrons. The van der Waals surface area contributed by atoms with Crippen LogP contribution in [-0.2, 0) is 11.2 Å². The molecule has 0 saturated heterocycles. The van der Waals surface area contributed by atoms with E-state index in [1.165, 1.54) is 0 Å². The van der Waals surface area contributed by atoms with Gasteiger partial charge in [0.15, 0.2) is 0 Å². The molecule has 4 nitrogen and oxygen atoms in total. The zero-order chi connectivity index (χ0) is 9.14. The highest BCUT2D eigenvalue weighted by Gasteiger charge is 2.07. The van der Waals surface area contributed by atoms with Crippen molar-refractivity contribution in [3.8, 4) is 0 Å². The molecule has 1 heterocycles. The largest absolute Gasteiger partial charge is 0.481 e. The second-order valence-electron chi connectivity index (χ2n) is 2.47. The number of nitrogens with one attached hydrogen (secondary N) is 1. The third-order valence-electron chi connectivity index (χ3n) is 1.52. The van der Waals surface area contributed by atoms with E-state index in [4.69, 9.17) is 5.11 Å². The van der Waals surface area contributed by atoms with Crippen molar-refractivity contribution < 1.29 is 9.90 Å². The first-order valence-electron chi connectivity index (χ1n) is 3.53. The number of aliphatic carboxylic acids is 1. The summed E-state index contributed by atoms with van der Waals surface area (Å²) in [6, 6.07) is 0. The molecule has 0 unspecified atom stereocenters. The SMILES string of the molecule is C=Cc1nc(CC(=O)O)c(C)[nH]1. The van der Waals surface area contributed by atoms with Crippen molar-refractivity contribution in [3.63, 3.8) is 0 Å². The normalized spacial score (nSPS) is 9.75. The van der Waals surface area contributed by atoms with Crippen molar-refractivity contribution in [2.75, 3.05) is 0 Å². The summed E-state index contributed by atoms with van der Waals surface area (Å²) in [6.45, 7) is 5.31. The van der Waals surface area contributed by atoms with Crippen molar-refractivity contribution in [1.29, 1.82) is 0 Å². The number of H-pyrrole nitrogens is 1. The minimum absolute atomic E-state index is 0.0455. The molecule has 2 N–H and O–H groups in total. The van der Waals surface area contributed by atoms with Gasteiger partial charge in [0, 0.05) is 5.69 Å². The minimum atomic E-state index is -0.875. The summed E-state index contributed by atoms with van der Waals surface area (Å²) < 4.78 is 0. The predicted molar refractivity (Wildman–Crippen MR) is 44.8 cm³/mol. The van der Waals surface area contributed by atoms with E-state index in [0.29, 0.717) is 11.5 Å². The third kappa shape index (κ3) is 1.72. The van der Waals surface area contributed by atoms with Crippen LogP contribution in [0.2, 0.25) is 0 Å². The van der Waals surface area contributed by atoms with Crippen LogP contribution >= 0.6 is 0 Å². The number of aromatic amines is 1. The van der Waals surface area contributed by atoms with Crippen LogP contribution in [0.1, 0.15) is 17.2 Å². The molecule has 1 rings (SSSR count). The van der Waals surface area contributed by atoms with E-state index in [0.717, 1.165) is 5.69 Å². The second kappa shape index (κ2) is 3.21. The van der Waals surface area contributed by atoms with E-state index in [1.807, 2.05) is 0 Å². The van der Waals surface area contributed by atoms with Crippen LogP contribution in [0.3, 0.4) is 0 Å². The Morgan fingerprint density at radius 2 is 2.50 bits per heavy atom. The summed E-state index contributed by atoms with van der Waals surface area (Å²) in [5, 5.41) is 8.49. The average Bonchev–Trinajstić information content (AvgIpc) is 2.31. The van der Waals surface area contributed by atoms with E-state index in [1.54, 1.807) is 13.0 Å². The molecule has 4 heteroatoms. The molecule has 0 bridgehead atoms. The first-order valence-corrected chi connectivity index (χ1v) is 3.53. The molecular formula is C8H10N2O2. The fraction of sp³-hybridized carbons (Fsp3) is 0.250. The van der Waals surface area contributed by atoms with Gasteiger partial charge in [-0.2, -0.15) is 0 Å². The van der Waals surface area contributed by atoms with Crippen molar-refractivity contribution in [3.05, 3.63) is 23.8 Å². The van der Waals surface area contributed by atoms with Crippen molar-refractivity contribution in [1.82, 2.24) is 9.97 Å². The van der Waals surface area contributed by atoms with E-state index < -0.39 is 5.97 Å². The van der Waals surface area contributed by atoms with Gasteiger partial charge < -0.3 is 10.1 Å². The number of nitrogens with zero attached hydrogens (tertiary/aromatic N) is 1. The molecule has 0 spiro atoms. The Balaban J connectivity index is 2.91. The molecular weight excluding hydrogens is 156 g/mol. The summed E-state index contributed by atoms with van der Waals surface area (Å²) in [5.74, 6) is -0.260. The highest BCUT2D eigenvalue weighted by Crippen LogP contribution is 2.06. The molecule has 1 aromatic heterocycles. The number of aryl methyl sites for hydroxylation is 1. The van der Waals surface area contributed by atoms with E-state index in [2.05, 4.69) is 16.5 Å². The zero-order valence-corrected chi connectivity index (χ0v) is 6.79. The zero-order valence-electron chi connectivity index (χ0n) is 6.79. The van der Waals surface area contributed by atoms with Gasteiger partial charge in [-0.15, -0.1) is 0 Å². The van der Waals surface area contributed by atoms with E-state index in [-0.39, 0.29) is 6.42 Å². The van der Waals surface area contributed by atoms with E-state index in [9.17, 15) is 4.79 Å². The molecule has 0 saturated carbocycles. The number of carbonyl (C=O) groups is 1. The van der Waals surface area contributed by atoms with Crippen LogP contribution in [0.4, 0.5) is 0 Å². The highest BCUT2D eigenvalue weighted by molar-refractivity contribution is 5.70. The fourth-order valence-corrected chi connectivity index (χ4v) is 0.933. The van der Waals surface area contributed by atoms with Gasteiger partial charge in [0.1, 0.15) is 5.82 Å². The molecule has 0 amide bonds. The first-order chi connectivity index (χ1) is 5.63. The molecule has 1 aromatic rings. The Morgan fingerprint density at radius 3 is 2.92 bits per heavy atom. The maximum atomic E-state index is 10.3. The molecule has 0 aliphatic heterocycles. The van der Waals surface area contributed by atoms with E-state index >= 15 is 0 Å². The Bertz CT molecular complexity index is 315. The molecule has 0 aliphatic rings. The maximum Gasteiger partial charge on any atom is 0.309 e. The molecule has 0 aliphatic carbocycles. The summed E-state index contributed by atoms with van der Waals surface area (Å²) in [7, 11) is 0. The van der Waals surface area contributed by atoms with Gasteiger partial charge >= 0.3 is 5.97 Å². The quantitative estimate of drug-likeness (QED) is 0.703. The van der Waals surface area contributed by atoms with Gasteiger partial charge in [-0.25, -0.2) is 4.98 Å². The number of aromatic nitrogens is 2. The second-order valence-corrected chi connectivity index (χ2v) is 2.47. The average molecular weight is 166 g/mol. The highest BCUT2D eigenvalue weighted by atomic mass is 16.4. The molecule has 0 atom stereocenters. The van der Waals surface area contributed by atoms with Crippen molar-refractivity contribution in [2.45, 2.75) is 13.3 Å². The number of carboxylic acids is 1. The standard InChI is InChI=1S/C8H10N2O2/c1-3-7-9-5(2)6(10-7)4-8(11)12/h3H,1,4H2,2H3,(H,9,10)(H,11,12). The van der Waals surface area contributed by atoms with Crippen LogP contribution in [0.25, 0.3) is 6.08 Å². The number of imidazole rings is 1. The molecule has 12 heavy (non-hydrogen) atoms. The summed E-state index contributed by atoms with van der Waals surface area (Å²) in [6.07, 6.45) is 1.51. The summed E-state index contributed by atoms with van der Waals surface area (Å²) >= 11 is 0. The van der Waals surface area contributed by atoms with Crippen molar-refractivity contribution >= 4 is 12.0 Å². The van der Waals surface area contributed by atoms with Crippen LogP contribution in [0.5, 0.6) is 0 Å². The molecule has 0 radical (unpaired) electrons. The molecule has 0 aromatic carbocycles. The lowest BCUT2D eigenvalue weighted by Gasteiger charge is -1.89. The Labute approximate surface area is 70.0 Å². The van der Waals surface area contributed by atoms with Gasteiger partial charge in [0.25, 0.3) is 0 Å². The number of hydrogen-bond donors (Lipinski definition) is 2. The predicted octanol–water partition coefficient (Wildman–Crippen LogP) is 0.988. The lowest BCUT2D eigenvalue weighted by Crippen LogP contribution is -2.01. The van der Waals surface area contributed by atoms with Crippen LogP contribution in [0.15, 0.2) is 6.58 Å². The van der Waals surface area contributed by atoms with Gasteiger partial charge in [0.05, 0.1) is 12.1 Å². The van der Waals surface area contributed by atoms with Gasteiger partial charge in [0.2, 0.25) is 0 Å². The first kappa shape index (κ1) is 8.52. The number of rotatable bonds is 3. The summed E-state index contributed by atoms with van der Waals surface area (Å²) in [4.78, 5) is 17.3. The minimum Gasteiger partial charge on any atom is -0.481 e. The smallest absolute Gasteiger partial charge is 0.309 e. The number of hydrogen-bond acceptors (Lipinski definition) is 2. The van der Waals surface area contributed by atoms with Gasteiger partial charge in [-0.05, 0) is 13.0 Å². The lowest BCUT2D eigenvalue weighted by atomic mass is 10.3. The monoisotopic (exact) mass is 166 g/mol. The maximum absolute atomic E-state index is 10.3. The van der Waals surface area contributed by atoms with Crippen LogP contribution in [-0.4, -0.2) is 21.0 Å². The van der Waals surface area contributed by atoms with Crippen LogP contribution < -0.4 is 0 Å². The Hall–Kier alpha value is -1.58. The molecule has 0 fully saturated rings. The topological polar surface area (TPSA) is 66.0 Å². The van der Waals surface area contributed by atoms with Crippen molar-refractivity contribution in [2.24, 2.45) is 0 Å². The summed E-state index contributed by atoms with van der Waals surface area (Å²) in [5.41, 5.74) is 1.35. The Morgan fingerprint density at radius 1 is 1.83 bits per heavy atom. The lowest BCUT2D eigenvalue weighted by molar-refractivity contribution is -0.136. The fourth-order valence-electron chi connectivity index (χ4n) is 0.933. The Kier molecular flexibility index (Phi) is 2.28. The van der Waals surface area contributed by atoms with Gasteiger partial charge in [-0.3, -0.25) is 4.79 Å². The number of carboxylic acid groups (broad SMARTS) is 1. The van der Waals surface area contributed by atoms with Gasteiger partial charge in [-0.1, -0.05) is 6.58 Å². The third-order valence-corrected chi connectivity index (χ3v) is 1.52. The van der Waals surface area contributed by atoms with Crippen LogP contribution in [0, 0.1) is 6.92 Å².